The predicted molar refractivity (Wildman–Crippen MR) is 88.6 cm³/mol. The van der Waals surface area contributed by atoms with Crippen molar-refractivity contribution in [2.24, 2.45) is 0 Å². The Labute approximate surface area is 137 Å². The normalized spacial score (nSPS) is 18.9. The molecule has 120 valence electrons. The predicted octanol–water partition coefficient (Wildman–Crippen LogP) is 2.19. The Morgan fingerprint density at radius 1 is 1.22 bits per heavy atom. The molecule has 1 amide bonds. The third kappa shape index (κ3) is 3.74. The number of aromatic nitrogens is 2. The molecule has 2 aromatic rings. The SMILES string of the molecule is CC(=O)N1CCN(Cc2ccnc(C)n2)C[C@@H]1c1ccccc1. The molecule has 5 heteroatoms. The standard InChI is InChI=1S/C18H22N4O/c1-14-19-9-8-17(20-14)12-21-10-11-22(15(2)23)18(13-21)16-6-4-3-5-7-16/h3-9,18H,10-13H2,1-2H3/t18-/m1/s1. The Morgan fingerprint density at radius 2 is 2.00 bits per heavy atom. The highest BCUT2D eigenvalue weighted by Gasteiger charge is 2.29. The van der Waals surface area contributed by atoms with Gasteiger partial charge in [-0.3, -0.25) is 9.69 Å². The Bertz CT molecular complexity index is 674. The van der Waals surface area contributed by atoms with E-state index in [2.05, 4.69) is 27.0 Å². The molecule has 1 aromatic carbocycles. The lowest BCUT2D eigenvalue weighted by Crippen LogP contribution is -2.49. The van der Waals surface area contributed by atoms with Gasteiger partial charge in [-0.05, 0) is 18.6 Å². The largest absolute Gasteiger partial charge is 0.333 e. The van der Waals surface area contributed by atoms with Crippen molar-refractivity contribution in [3.05, 3.63) is 59.7 Å². The van der Waals surface area contributed by atoms with Gasteiger partial charge in [-0.2, -0.15) is 0 Å². The molecule has 1 aliphatic rings. The number of nitrogens with zero attached hydrogens (tertiary/aromatic N) is 4. The molecule has 0 radical (unpaired) electrons. The molecule has 1 atom stereocenters. The Balaban J connectivity index is 1.77. The van der Waals surface area contributed by atoms with E-state index in [-0.39, 0.29) is 11.9 Å². The molecule has 1 aromatic heterocycles. The highest BCUT2D eigenvalue weighted by Crippen LogP contribution is 2.26. The summed E-state index contributed by atoms with van der Waals surface area (Å²) in [6.45, 7) is 6.79. The first kappa shape index (κ1) is 15.6. The van der Waals surface area contributed by atoms with Crippen molar-refractivity contribution >= 4 is 5.91 Å². The van der Waals surface area contributed by atoms with Crippen molar-refractivity contribution in [1.29, 1.82) is 0 Å². The zero-order chi connectivity index (χ0) is 16.2. The van der Waals surface area contributed by atoms with Gasteiger partial charge in [-0.15, -0.1) is 0 Å². The minimum absolute atomic E-state index is 0.102. The molecule has 1 aliphatic heterocycles. The Kier molecular flexibility index (Phi) is 4.67. The van der Waals surface area contributed by atoms with Crippen LogP contribution in [-0.2, 0) is 11.3 Å². The minimum Gasteiger partial charge on any atom is -0.333 e. The van der Waals surface area contributed by atoms with Crippen molar-refractivity contribution in [3.63, 3.8) is 0 Å². The number of piperazine rings is 1. The summed E-state index contributed by atoms with van der Waals surface area (Å²) in [6, 6.07) is 12.3. The van der Waals surface area contributed by atoms with E-state index in [1.54, 1.807) is 13.1 Å². The van der Waals surface area contributed by atoms with Gasteiger partial charge in [0, 0.05) is 39.3 Å². The summed E-state index contributed by atoms with van der Waals surface area (Å²) in [5, 5.41) is 0. The highest BCUT2D eigenvalue weighted by molar-refractivity contribution is 5.74. The molecule has 0 bridgehead atoms. The molecule has 0 saturated carbocycles. The summed E-state index contributed by atoms with van der Waals surface area (Å²) in [7, 11) is 0. The molecular formula is C18H22N4O. The third-order valence-corrected chi connectivity index (χ3v) is 4.27. The second kappa shape index (κ2) is 6.87. The van der Waals surface area contributed by atoms with Crippen LogP contribution in [0.15, 0.2) is 42.6 Å². The average Bonchev–Trinajstić information content (AvgIpc) is 2.55. The van der Waals surface area contributed by atoms with Gasteiger partial charge in [-0.25, -0.2) is 9.97 Å². The number of hydrogen-bond donors (Lipinski definition) is 0. The first-order chi connectivity index (χ1) is 11.1. The third-order valence-electron chi connectivity index (χ3n) is 4.27. The molecule has 0 N–H and O–H groups in total. The van der Waals surface area contributed by atoms with E-state index in [9.17, 15) is 4.79 Å². The van der Waals surface area contributed by atoms with Crippen molar-refractivity contribution in [3.8, 4) is 0 Å². The second-order valence-electron chi connectivity index (χ2n) is 5.97. The lowest BCUT2D eigenvalue weighted by Gasteiger charge is -2.41. The van der Waals surface area contributed by atoms with E-state index < -0.39 is 0 Å². The average molecular weight is 310 g/mol. The zero-order valence-corrected chi connectivity index (χ0v) is 13.6. The molecule has 0 aliphatic carbocycles. The highest BCUT2D eigenvalue weighted by atomic mass is 16.2. The van der Waals surface area contributed by atoms with Gasteiger partial charge in [0.2, 0.25) is 5.91 Å². The maximum Gasteiger partial charge on any atom is 0.220 e. The van der Waals surface area contributed by atoms with Gasteiger partial charge in [0.05, 0.1) is 11.7 Å². The fourth-order valence-corrected chi connectivity index (χ4v) is 3.14. The maximum atomic E-state index is 12.0. The van der Waals surface area contributed by atoms with Crippen molar-refractivity contribution in [2.45, 2.75) is 26.4 Å². The van der Waals surface area contributed by atoms with Crippen LogP contribution in [-0.4, -0.2) is 45.3 Å². The smallest absolute Gasteiger partial charge is 0.220 e. The topological polar surface area (TPSA) is 49.3 Å². The van der Waals surface area contributed by atoms with Crippen LogP contribution in [0.25, 0.3) is 0 Å². The van der Waals surface area contributed by atoms with Crippen molar-refractivity contribution < 1.29 is 4.79 Å². The van der Waals surface area contributed by atoms with Gasteiger partial charge < -0.3 is 4.90 Å². The molecule has 23 heavy (non-hydrogen) atoms. The fourth-order valence-electron chi connectivity index (χ4n) is 3.14. The van der Waals surface area contributed by atoms with Gasteiger partial charge >= 0.3 is 0 Å². The number of amides is 1. The lowest BCUT2D eigenvalue weighted by molar-refractivity contribution is -0.134. The monoisotopic (exact) mass is 310 g/mol. The van der Waals surface area contributed by atoms with Crippen molar-refractivity contribution in [1.82, 2.24) is 19.8 Å². The first-order valence-corrected chi connectivity index (χ1v) is 7.96. The van der Waals surface area contributed by atoms with E-state index in [1.807, 2.05) is 36.1 Å². The van der Waals surface area contributed by atoms with Gasteiger partial charge in [0.25, 0.3) is 0 Å². The second-order valence-corrected chi connectivity index (χ2v) is 5.97. The molecule has 1 fully saturated rings. The van der Waals surface area contributed by atoms with Crippen LogP contribution in [0.1, 0.15) is 30.0 Å². The molecular weight excluding hydrogens is 288 g/mol. The molecule has 2 heterocycles. The molecule has 5 nitrogen and oxygen atoms in total. The Morgan fingerprint density at radius 3 is 2.70 bits per heavy atom. The van der Waals surface area contributed by atoms with E-state index >= 15 is 0 Å². The minimum atomic E-state index is 0.102. The fraction of sp³-hybridized carbons (Fsp3) is 0.389. The van der Waals surface area contributed by atoms with Crippen LogP contribution >= 0.6 is 0 Å². The zero-order valence-electron chi connectivity index (χ0n) is 13.6. The number of aryl methyl sites for hydroxylation is 1. The number of carbonyl (C=O) groups is 1. The summed E-state index contributed by atoms with van der Waals surface area (Å²) in [4.78, 5) is 24.9. The van der Waals surface area contributed by atoms with E-state index in [1.165, 1.54) is 5.56 Å². The van der Waals surface area contributed by atoms with Crippen LogP contribution in [0.5, 0.6) is 0 Å². The first-order valence-electron chi connectivity index (χ1n) is 7.96. The van der Waals surface area contributed by atoms with Crippen LogP contribution in [0.3, 0.4) is 0 Å². The molecule has 1 saturated heterocycles. The summed E-state index contributed by atoms with van der Waals surface area (Å²) in [6.07, 6.45) is 1.80. The number of rotatable bonds is 3. The number of benzene rings is 1. The maximum absolute atomic E-state index is 12.0. The lowest BCUT2D eigenvalue weighted by atomic mass is 10.0. The van der Waals surface area contributed by atoms with Crippen LogP contribution in [0.4, 0.5) is 0 Å². The van der Waals surface area contributed by atoms with Crippen LogP contribution in [0.2, 0.25) is 0 Å². The number of hydrogen-bond acceptors (Lipinski definition) is 4. The quantitative estimate of drug-likeness (QED) is 0.872. The summed E-state index contributed by atoms with van der Waals surface area (Å²) >= 11 is 0. The Hall–Kier alpha value is -2.27. The van der Waals surface area contributed by atoms with E-state index in [4.69, 9.17) is 0 Å². The molecule has 3 rings (SSSR count). The van der Waals surface area contributed by atoms with Gasteiger partial charge in [0.1, 0.15) is 5.82 Å². The molecule has 0 spiro atoms. The molecule has 0 unspecified atom stereocenters. The van der Waals surface area contributed by atoms with Gasteiger partial charge in [0.15, 0.2) is 0 Å². The van der Waals surface area contributed by atoms with Crippen molar-refractivity contribution in [2.75, 3.05) is 19.6 Å². The van der Waals surface area contributed by atoms with E-state index in [0.717, 1.165) is 37.7 Å². The summed E-state index contributed by atoms with van der Waals surface area (Å²) in [5.74, 6) is 0.931. The van der Waals surface area contributed by atoms with Crippen LogP contribution in [0, 0.1) is 6.92 Å². The van der Waals surface area contributed by atoms with Gasteiger partial charge in [-0.1, -0.05) is 30.3 Å². The summed E-state index contributed by atoms with van der Waals surface area (Å²) in [5.41, 5.74) is 2.21. The number of carbonyl (C=O) groups excluding carboxylic acids is 1. The van der Waals surface area contributed by atoms with Crippen LogP contribution < -0.4 is 0 Å². The summed E-state index contributed by atoms with van der Waals surface area (Å²) < 4.78 is 0. The van der Waals surface area contributed by atoms with E-state index in [0.29, 0.717) is 0 Å².